The van der Waals surface area contributed by atoms with Gasteiger partial charge in [0.15, 0.2) is 6.61 Å². The first kappa shape index (κ1) is 27.1. The quantitative estimate of drug-likeness (QED) is 0.312. The summed E-state index contributed by atoms with van der Waals surface area (Å²) in [6.45, 7) is 0.0328. The lowest BCUT2D eigenvalue weighted by Crippen LogP contribution is -2.48. The molecule has 0 aromatic heterocycles. The van der Waals surface area contributed by atoms with Gasteiger partial charge in [0, 0.05) is 16.8 Å². The van der Waals surface area contributed by atoms with E-state index in [2.05, 4.69) is 5.32 Å². The third-order valence-electron chi connectivity index (χ3n) is 9.02. The van der Waals surface area contributed by atoms with Crippen LogP contribution in [0, 0.1) is 17.8 Å². The zero-order chi connectivity index (χ0) is 28.4. The van der Waals surface area contributed by atoms with Crippen molar-refractivity contribution in [2.75, 3.05) is 19.0 Å². The number of anilines is 1. The molecule has 7 rings (SSSR count). The molecule has 0 spiro atoms. The maximum absolute atomic E-state index is 13.4. The highest BCUT2D eigenvalue weighted by Gasteiger charge is 2.52. The summed E-state index contributed by atoms with van der Waals surface area (Å²) in [6.07, 6.45) is 7.19. The van der Waals surface area contributed by atoms with Crippen LogP contribution in [0.1, 0.15) is 70.4 Å². The van der Waals surface area contributed by atoms with Crippen LogP contribution in [-0.4, -0.2) is 31.6 Å². The van der Waals surface area contributed by atoms with Crippen molar-refractivity contribution in [3.63, 3.8) is 0 Å². The van der Waals surface area contributed by atoms with E-state index in [9.17, 15) is 14.4 Å². The van der Waals surface area contributed by atoms with Gasteiger partial charge >= 0.3 is 11.9 Å². The number of esters is 2. The van der Waals surface area contributed by atoms with Gasteiger partial charge in [-0.15, -0.1) is 0 Å². The second-order valence-electron chi connectivity index (χ2n) is 11.9. The number of carbonyl (C=O) groups excluding carboxylic acids is 3. The molecule has 0 saturated heterocycles. The second kappa shape index (κ2) is 11.4. The lowest BCUT2D eigenvalue weighted by Gasteiger charge is -2.57. The molecule has 4 saturated carbocycles. The second-order valence-corrected chi connectivity index (χ2v) is 11.9. The van der Waals surface area contributed by atoms with Crippen LogP contribution in [0.4, 0.5) is 5.69 Å². The fraction of sp³-hybridized carbons (Fsp3) is 0.382. The van der Waals surface area contributed by atoms with E-state index in [4.69, 9.17) is 14.2 Å². The molecule has 0 radical (unpaired) electrons. The van der Waals surface area contributed by atoms with Crippen molar-refractivity contribution in [1.29, 1.82) is 0 Å². The Labute approximate surface area is 240 Å². The summed E-state index contributed by atoms with van der Waals surface area (Å²) in [4.78, 5) is 37.7. The molecule has 1 N–H and O–H groups in total. The maximum atomic E-state index is 13.4. The van der Waals surface area contributed by atoms with Gasteiger partial charge in [-0.1, -0.05) is 30.3 Å². The molecule has 0 unspecified atom stereocenters. The number of nitrogens with one attached hydrogen (secondary N) is 1. The lowest BCUT2D eigenvalue weighted by atomic mass is 9.48. The topological polar surface area (TPSA) is 90.9 Å². The van der Waals surface area contributed by atoms with Crippen LogP contribution < -0.4 is 10.1 Å². The Kier molecular flexibility index (Phi) is 7.52. The summed E-state index contributed by atoms with van der Waals surface area (Å²) in [6, 6.07) is 21.7. The van der Waals surface area contributed by atoms with E-state index in [-0.39, 0.29) is 24.5 Å². The van der Waals surface area contributed by atoms with Gasteiger partial charge in [-0.05, 0) is 110 Å². The van der Waals surface area contributed by atoms with Crippen molar-refractivity contribution in [2.24, 2.45) is 17.8 Å². The van der Waals surface area contributed by atoms with Crippen LogP contribution in [0.3, 0.4) is 0 Å². The zero-order valence-corrected chi connectivity index (χ0v) is 23.3. The highest BCUT2D eigenvalue weighted by molar-refractivity contribution is 6.04. The SMILES string of the molecule is COC(=O)COc1ccc(C(=O)Nc2ccc(C(=O)OCc3ccccc3)cc2)cc1C12CC3CC(CC(C3)C1)C2. The minimum Gasteiger partial charge on any atom is -0.482 e. The van der Waals surface area contributed by atoms with E-state index in [1.165, 1.54) is 26.4 Å². The predicted octanol–water partition coefficient (Wildman–Crippen LogP) is 6.32. The molecular formula is C34H35NO6. The van der Waals surface area contributed by atoms with E-state index >= 15 is 0 Å². The molecule has 4 bridgehead atoms. The Hall–Kier alpha value is -4.13. The van der Waals surface area contributed by atoms with Crippen molar-refractivity contribution in [2.45, 2.75) is 50.5 Å². The summed E-state index contributed by atoms with van der Waals surface area (Å²) in [7, 11) is 1.35. The number of methoxy groups -OCH3 is 1. The first-order chi connectivity index (χ1) is 19.9. The molecule has 3 aromatic rings. The molecule has 0 heterocycles. The average molecular weight is 554 g/mol. The maximum Gasteiger partial charge on any atom is 0.343 e. The first-order valence-corrected chi connectivity index (χ1v) is 14.4. The first-order valence-electron chi connectivity index (χ1n) is 14.4. The number of ether oxygens (including phenoxy) is 3. The Morgan fingerprint density at radius 2 is 1.46 bits per heavy atom. The third-order valence-corrected chi connectivity index (χ3v) is 9.02. The van der Waals surface area contributed by atoms with Crippen molar-refractivity contribution < 1.29 is 28.6 Å². The Bertz CT molecular complexity index is 1400. The normalized spacial score (nSPS) is 24.0. The van der Waals surface area contributed by atoms with Crippen LogP contribution in [-0.2, 0) is 26.3 Å². The lowest BCUT2D eigenvalue weighted by molar-refractivity contribution is -0.143. The van der Waals surface area contributed by atoms with Gasteiger partial charge in [-0.3, -0.25) is 4.79 Å². The Morgan fingerprint density at radius 3 is 2.10 bits per heavy atom. The molecule has 41 heavy (non-hydrogen) atoms. The van der Waals surface area contributed by atoms with Crippen molar-refractivity contribution in [1.82, 2.24) is 0 Å². The Balaban J connectivity index is 1.18. The summed E-state index contributed by atoms with van der Waals surface area (Å²) in [5, 5.41) is 2.96. The number of benzene rings is 3. The number of rotatable bonds is 9. The van der Waals surface area contributed by atoms with E-state index in [1.807, 2.05) is 42.5 Å². The smallest absolute Gasteiger partial charge is 0.343 e. The van der Waals surface area contributed by atoms with Crippen LogP contribution >= 0.6 is 0 Å². The van der Waals surface area contributed by atoms with Gasteiger partial charge < -0.3 is 19.5 Å². The number of amides is 1. The standard InChI is InChI=1S/C34H35NO6/c1-39-31(36)21-40-30-12-9-27(16-29(30)34-17-23-13-24(18-34)15-25(14-23)19-34)32(37)35-28-10-7-26(8-11-28)33(38)41-20-22-5-3-2-4-6-22/h2-12,16,23-25H,13-15,17-21H2,1H3,(H,35,37). The molecule has 4 aliphatic carbocycles. The average Bonchev–Trinajstić information content (AvgIpc) is 2.98. The summed E-state index contributed by atoms with van der Waals surface area (Å²) >= 11 is 0. The van der Waals surface area contributed by atoms with Crippen LogP contribution in [0.5, 0.6) is 5.75 Å². The highest BCUT2D eigenvalue weighted by Crippen LogP contribution is 2.62. The minimum atomic E-state index is -0.435. The zero-order valence-electron chi connectivity index (χ0n) is 23.3. The van der Waals surface area contributed by atoms with Crippen molar-refractivity contribution in [3.8, 4) is 5.75 Å². The molecule has 0 aliphatic heterocycles. The van der Waals surface area contributed by atoms with Gasteiger partial charge in [0.05, 0.1) is 12.7 Å². The summed E-state index contributed by atoms with van der Waals surface area (Å²) in [5.41, 5.74) is 3.45. The van der Waals surface area contributed by atoms with E-state index in [0.29, 0.717) is 40.3 Å². The minimum absolute atomic E-state index is 0.0295. The van der Waals surface area contributed by atoms with E-state index in [0.717, 1.165) is 30.4 Å². The van der Waals surface area contributed by atoms with Gasteiger partial charge in [0.1, 0.15) is 12.4 Å². The fourth-order valence-electron chi connectivity index (χ4n) is 7.55. The fourth-order valence-corrected chi connectivity index (χ4v) is 7.55. The van der Waals surface area contributed by atoms with Crippen LogP contribution in [0.15, 0.2) is 72.8 Å². The molecule has 212 valence electrons. The van der Waals surface area contributed by atoms with Gasteiger partial charge in [0.2, 0.25) is 0 Å². The van der Waals surface area contributed by atoms with Crippen molar-refractivity contribution in [3.05, 3.63) is 95.1 Å². The molecule has 3 aromatic carbocycles. The van der Waals surface area contributed by atoms with Crippen LogP contribution in [0.2, 0.25) is 0 Å². The third kappa shape index (κ3) is 5.85. The summed E-state index contributed by atoms with van der Waals surface area (Å²) in [5.74, 6) is 1.70. The van der Waals surface area contributed by atoms with Crippen LogP contribution in [0.25, 0.3) is 0 Å². The number of hydrogen-bond acceptors (Lipinski definition) is 6. The van der Waals surface area contributed by atoms with Gasteiger partial charge in [-0.25, -0.2) is 9.59 Å². The summed E-state index contributed by atoms with van der Waals surface area (Å²) < 4.78 is 16.2. The molecular weight excluding hydrogens is 518 g/mol. The predicted molar refractivity (Wildman–Crippen MR) is 154 cm³/mol. The molecule has 7 heteroatoms. The van der Waals surface area contributed by atoms with Gasteiger partial charge in [-0.2, -0.15) is 0 Å². The number of carbonyl (C=O) groups is 3. The molecule has 1 amide bonds. The molecule has 4 aliphatic rings. The molecule has 7 nitrogen and oxygen atoms in total. The molecule has 4 fully saturated rings. The monoisotopic (exact) mass is 553 g/mol. The Morgan fingerprint density at radius 1 is 0.829 bits per heavy atom. The highest BCUT2D eigenvalue weighted by atomic mass is 16.6. The number of hydrogen-bond donors (Lipinski definition) is 1. The van der Waals surface area contributed by atoms with Crippen molar-refractivity contribution >= 4 is 23.5 Å². The molecule has 0 atom stereocenters. The van der Waals surface area contributed by atoms with E-state index in [1.54, 1.807) is 30.3 Å². The van der Waals surface area contributed by atoms with E-state index < -0.39 is 11.9 Å². The van der Waals surface area contributed by atoms with Gasteiger partial charge in [0.25, 0.3) is 5.91 Å². The largest absolute Gasteiger partial charge is 0.482 e.